The molecule has 0 unspecified atom stereocenters. The van der Waals surface area contributed by atoms with Crippen molar-refractivity contribution in [3.63, 3.8) is 0 Å². The number of carbonyl (C=O) groups is 3. The molecular weight excluding hydrogens is 606 g/mol. The summed E-state index contributed by atoms with van der Waals surface area (Å²) < 4.78 is 0. The molecule has 4 aromatic rings. The zero-order valence-electron chi connectivity index (χ0n) is 26.0. The first-order valence-corrected chi connectivity index (χ1v) is 15.0. The monoisotopic (exact) mass is 638 g/mol. The number of aliphatic carboxylic acids is 1. The maximum atomic E-state index is 14.8. The molecule has 1 aliphatic heterocycles. The fraction of sp³-hybridized carbons (Fsp3) is 0.229. The first kappa shape index (κ1) is 33.8. The van der Waals surface area contributed by atoms with Crippen molar-refractivity contribution in [2.24, 2.45) is 0 Å². The number of hydrogen-bond acceptors (Lipinski definition) is 3. The van der Waals surface area contributed by atoms with E-state index < -0.39 is 18.1 Å². The van der Waals surface area contributed by atoms with Crippen LogP contribution >= 0.6 is 23.2 Å². The van der Waals surface area contributed by atoms with Crippen LogP contribution in [0.5, 0.6) is 0 Å². The molecule has 44 heavy (non-hydrogen) atoms. The van der Waals surface area contributed by atoms with Gasteiger partial charge in [-0.05, 0) is 90.9 Å². The number of rotatable bonds is 9. The van der Waals surface area contributed by atoms with Gasteiger partial charge in [-0.1, -0.05) is 77.8 Å². The van der Waals surface area contributed by atoms with Crippen molar-refractivity contribution in [3.05, 3.63) is 123 Å². The quantitative estimate of drug-likeness (QED) is 0.190. The number of anilines is 1. The average molecular weight is 640 g/mol. The van der Waals surface area contributed by atoms with Gasteiger partial charge < -0.3 is 16.3 Å². The second kappa shape index (κ2) is 14.8. The van der Waals surface area contributed by atoms with Gasteiger partial charge in [-0.15, -0.1) is 0 Å². The number of carbonyl (C=O) groups excluding carboxylic acids is 2. The van der Waals surface area contributed by atoms with Gasteiger partial charge in [-0.3, -0.25) is 14.4 Å². The topological polar surface area (TPSA) is 77.9 Å². The second-order valence-corrected chi connectivity index (χ2v) is 11.7. The van der Waals surface area contributed by atoms with Crippen molar-refractivity contribution >= 4 is 46.7 Å². The zero-order valence-corrected chi connectivity index (χ0v) is 28.5. The Hall–Kier alpha value is -3.13. The van der Waals surface area contributed by atoms with Crippen molar-refractivity contribution in [1.29, 1.82) is 0 Å². The Morgan fingerprint density at radius 2 is 1.52 bits per heavy atom. The average Bonchev–Trinajstić information content (AvgIpc) is 3.08. The Balaban J connectivity index is 0.00000276. The van der Waals surface area contributed by atoms with Crippen molar-refractivity contribution < 1.29 is 50.5 Å². The third-order valence-electron chi connectivity index (χ3n) is 7.96. The molecule has 0 spiro atoms. The summed E-state index contributed by atoms with van der Waals surface area (Å²) in [6.07, 6.45) is 0.867. The number of amides is 2. The molecule has 0 aliphatic carbocycles. The standard InChI is InChI=1S/C35H32Cl2N2O4.Na.H/c1-22-7-3-4-8-29(22)26-14-19-31-30(21-26)34(42)39(23(2)24-10-15-27(36)16-11-24)33(25-12-17-28(37)18-13-25)35(43)38(31)20-6-5-9-32(40)41;;/h3-4,7-8,10-19,21,23,33H,5-6,9,20H2,1-2H3,(H,40,41);;/q;+1;-1/t23-,33+;;/m1../s1. The minimum absolute atomic E-state index is 0. The first-order valence-electron chi connectivity index (χ1n) is 14.2. The molecule has 4 aromatic carbocycles. The fourth-order valence-corrected chi connectivity index (χ4v) is 5.93. The van der Waals surface area contributed by atoms with Crippen LogP contribution in [-0.4, -0.2) is 34.3 Å². The van der Waals surface area contributed by atoms with E-state index in [1.807, 2.05) is 68.4 Å². The van der Waals surface area contributed by atoms with Gasteiger partial charge in [0.15, 0.2) is 0 Å². The Kier molecular flexibility index (Phi) is 11.3. The van der Waals surface area contributed by atoms with Crippen LogP contribution < -0.4 is 34.5 Å². The summed E-state index contributed by atoms with van der Waals surface area (Å²) in [5.41, 5.74) is 5.30. The summed E-state index contributed by atoms with van der Waals surface area (Å²) >= 11 is 12.4. The van der Waals surface area contributed by atoms with Gasteiger partial charge in [0.05, 0.1) is 17.3 Å². The number of aryl methyl sites for hydroxylation is 1. The third-order valence-corrected chi connectivity index (χ3v) is 8.47. The van der Waals surface area contributed by atoms with E-state index >= 15 is 0 Å². The van der Waals surface area contributed by atoms with Gasteiger partial charge in [-0.2, -0.15) is 0 Å². The molecule has 0 saturated heterocycles. The number of carboxylic acids is 1. The van der Waals surface area contributed by atoms with E-state index in [1.54, 1.807) is 46.2 Å². The molecule has 0 saturated carbocycles. The Morgan fingerprint density at radius 3 is 2.16 bits per heavy atom. The number of fused-ring (bicyclic) bond motifs is 1. The summed E-state index contributed by atoms with van der Waals surface area (Å²) in [5, 5.41) is 10.3. The van der Waals surface area contributed by atoms with Gasteiger partial charge in [0, 0.05) is 23.0 Å². The van der Waals surface area contributed by atoms with E-state index in [-0.39, 0.29) is 55.8 Å². The SMILES string of the molecule is Cc1ccccc1-c1ccc2c(c1)C(=O)N([C@H](C)c1ccc(Cl)cc1)[C@@H](c1ccc(Cl)cc1)C(=O)N2CCCCC(=O)O.[H-].[Na+]. The van der Waals surface area contributed by atoms with Crippen molar-refractivity contribution in [3.8, 4) is 11.1 Å². The molecule has 6 nitrogen and oxygen atoms in total. The number of benzene rings is 4. The maximum absolute atomic E-state index is 14.8. The molecular formula is C35H33Cl2N2NaO4. The molecule has 2 amide bonds. The van der Waals surface area contributed by atoms with Gasteiger partial charge in [0.1, 0.15) is 6.04 Å². The minimum atomic E-state index is -0.954. The number of unbranched alkanes of at least 4 members (excludes halogenated alkanes) is 1. The minimum Gasteiger partial charge on any atom is -1.00 e. The van der Waals surface area contributed by atoms with Crippen LogP contribution in [0.1, 0.15) is 66.7 Å². The van der Waals surface area contributed by atoms with E-state index in [9.17, 15) is 19.5 Å². The zero-order chi connectivity index (χ0) is 30.7. The largest absolute Gasteiger partial charge is 1.00 e. The third kappa shape index (κ3) is 7.22. The van der Waals surface area contributed by atoms with E-state index in [2.05, 4.69) is 0 Å². The molecule has 0 fully saturated rings. The number of carboxylic acid groups (broad SMARTS) is 1. The van der Waals surface area contributed by atoms with E-state index in [0.29, 0.717) is 39.7 Å². The molecule has 1 heterocycles. The Labute approximate surface area is 291 Å². The van der Waals surface area contributed by atoms with Crippen LogP contribution in [0.15, 0.2) is 91.0 Å². The van der Waals surface area contributed by atoms with Crippen LogP contribution in [0.25, 0.3) is 11.1 Å². The molecule has 0 bridgehead atoms. The smallest absolute Gasteiger partial charge is 1.00 e. The van der Waals surface area contributed by atoms with Crippen LogP contribution in [-0.2, 0) is 9.59 Å². The van der Waals surface area contributed by atoms with Gasteiger partial charge in [0.25, 0.3) is 11.8 Å². The molecule has 1 N–H and O–H groups in total. The number of nitrogens with zero attached hydrogens (tertiary/aromatic N) is 2. The maximum Gasteiger partial charge on any atom is 1.00 e. The van der Waals surface area contributed by atoms with Crippen LogP contribution in [0.4, 0.5) is 5.69 Å². The molecule has 2 atom stereocenters. The fourth-order valence-electron chi connectivity index (χ4n) is 5.68. The molecule has 0 aromatic heterocycles. The van der Waals surface area contributed by atoms with E-state index in [1.165, 1.54) is 0 Å². The van der Waals surface area contributed by atoms with Crippen LogP contribution in [0, 0.1) is 6.92 Å². The van der Waals surface area contributed by atoms with E-state index in [0.717, 1.165) is 22.3 Å². The summed E-state index contributed by atoms with van der Waals surface area (Å²) in [4.78, 5) is 43.9. The van der Waals surface area contributed by atoms with Crippen LogP contribution in [0.2, 0.25) is 10.0 Å². The normalized spacial score (nSPS) is 15.3. The van der Waals surface area contributed by atoms with Crippen LogP contribution in [0.3, 0.4) is 0 Å². The van der Waals surface area contributed by atoms with Crippen molar-refractivity contribution in [1.82, 2.24) is 4.90 Å². The van der Waals surface area contributed by atoms with Crippen molar-refractivity contribution in [2.45, 2.75) is 45.2 Å². The van der Waals surface area contributed by atoms with Gasteiger partial charge in [0.2, 0.25) is 0 Å². The van der Waals surface area contributed by atoms with Crippen molar-refractivity contribution in [2.75, 3.05) is 11.4 Å². The second-order valence-electron chi connectivity index (χ2n) is 10.8. The van der Waals surface area contributed by atoms with Gasteiger partial charge in [-0.25, -0.2) is 0 Å². The molecule has 5 rings (SSSR count). The molecule has 9 heteroatoms. The number of halogens is 2. The summed E-state index contributed by atoms with van der Waals surface area (Å²) in [6.45, 7) is 4.20. The molecule has 1 aliphatic rings. The summed E-state index contributed by atoms with van der Waals surface area (Å²) in [6, 6.07) is 26.4. The Bertz CT molecular complexity index is 1670. The summed E-state index contributed by atoms with van der Waals surface area (Å²) in [7, 11) is 0. The van der Waals surface area contributed by atoms with Gasteiger partial charge >= 0.3 is 35.5 Å². The summed E-state index contributed by atoms with van der Waals surface area (Å²) in [5.74, 6) is -1.44. The van der Waals surface area contributed by atoms with E-state index in [4.69, 9.17) is 23.2 Å². The molecule has 0 radical (unpaired) electrons. The predicted octanol–water partition coefficient (Wildman–Crippen LogP) is 5.63. The number of hydrogen-bond donors (Lipinski definition) is 1. The predicted molar refractivity (Wildman–Crippen MR) is 172 cm³/mol. The Morgan fingerprint density at radius 1 is 0.886 bits per heavy atom. The molecule has 222 valence electrons. The first-order chi connectivity index (χ1) is 20.7.